The van der Waals surface area contributed by atoms with Crippen LogP contribution >= 0.6 is 0 Å². The maximum Gasteiger partial charge on any atom is 0.410 e. The fraction of sp³-hybridized carbons (Fsp3) is 0.304. The molecule has 2 aromatic carbocycles. The topological polar surface area (TPSA) is 77.4 Å². The molecule has 3 aromatic rings. The fourth-order valence-electron chi connectivity index (χ4n) is 3.85. The van der Waals surface area contributed by atoms with E-state index < -0.39 is 24.2 Å². The molecule has 2 atom stereocenters. The Morgan fingerprint density at radius 1 is 1.12 bits per heavy atom. The highest BCUT2D eigenvalue weighted by molar-refractivity contribution is 6.07. The van der Waals surface area contributed by atoms with Crippen molar-refractivity contribution in [3.05, 3.63) is 65.4 Å². The van der Waals surface area contributed by atoms with Crippen LogP contribution in [-0.2, 0) is 0 Å². The molecule has 0 saturated carbocycles. The zero-order valence-electron chi connectivity index (χ0n) is 18.2. The molecule has 2 N–H and O–H groups in total. The molecule has 7 nitrogen and oxygen atoms in total. The molecule has 1 aromatic heterocycles. The number of anilines is 2. The molecule has 174 valence electrons. The lowest BCUT2D eigenvalue weighted by Gasteiger charge is -2.34. The first kappa shape index (κ1) is 22.5. The van der Waals surface area contributed by atoms with Gasteiger partial charge in [-0.1, -0.05) is 23.8 Å². The first-order valence-electron chi connectivity index (χ1n) is 10.2. The Kier molecular flexibility index (Phi) is 5.92. The van der Waals surface area contributed by atoms with E-state index in [1.54, 1.807) is 30.3 Å². The highest BCUT2D eigenvalue weighted by Crippen LogP contribution is 2.45. The second kappa shape index (κ2) is 8.68. The Balaban J connectivity index is 1.69. The molecule has 0 bridgehead atoms. The number of ether oxygens (including phenoxy) is 2. The molecule has 1 amide bonds. The Hall–Kier alpha value is -3.69. The number of halogens is 3. The number of alkyl halides is 3. The van der Waals surface area contributed by atoms with Crippen molar-refractivity contribution in [2.24, 2.45) is 0 Å². The third-order valence-corrected chi connectivity index (χ3v) is 5.60. The van der Waals surface area contributed by atoms with Gasteiger partial charge >= 0.3 is 6.18 Å². The van der Waals surface area contributed by atoms with Crippen LogP contribution in [0.4, 0.5) is 24.7 Å². The van der Waals surface area contributed by atoms with Crippen molar-refractivity contribution in [1.82, 2.24) is 9.78 Å². The van der Waals surface area contributed by atoms with Crippen molar-refractivity contribution in [3.8, 4) is 11.5 Å². The van der Waals surface area contributed by atoms with Crippen LogP contribution in [0.15, 0.2) is 48.7 Å². The van der Waals surface area contributed by atoms with Crippen LogP contribution in [0.25, 0.3) is 0 Å². The van der Waals surface area contributed by atoms with Crippen molar-refractivity contribution in [1.29, 1.82) is 0 Å². The summed E-state index contributed by atoms with van der Waals surface area (Å²) in [7, 11) is 2.94. The van der Waals surface area contributed by atoms with Crippen molar-refractivity contribution in [2.45, 2.75) is 31.6 Å². The number of carbonyl (C=O) groups excluding carboxylic acids is 1. The van der Waals surface area contributed by atoms with Gasteiger partial charge in [0.15, 0.2) is 17.5 Å². The minimum Gasteiger partial charge on any atom is -0.493 e. The summed E-state index contributed by atoms with van der Waals surface area (Å²) in [5, 5.41) is 9.68. The molecule has 4 rings (SSSR count). The number of benzene rings is 2. The van der Waals surface area contributed by atoms with E-state index in [0.717, 1.165) is 16.4 Å². The van der Waals surface area contributed by atoms with Gasteiger partial charge in [0, 0.05) is 12.1 Å². The van der Waals surface area contributed by atoms with E-state index in [1.165, 1.54) is 14.2 Å². The summed E-state index contributed by atoms with van der Waals surface area (Å²) in [5.41, 5.74) is 2.14. The van der Waals surface area contributed by atoms with Gasteiger partial charge in [-0.05, 0) is 36.8 Å². The molecule has 0 saturated heterocycles. The predicted molar refractivity (Wildman–Crippen MR) is 117 cm³/mol. The van der Waals surface area contributed by atoms with E-state index in [4.69, 9.17) is 9.47 Å². The lowest BCUT2D eigenvalue weighted by Crippen LogP contribution is -2.36. The number of amides is 1. The standard InChI is InChI=1S/C23H23F3N4O3/c1-13-4-7-15(8-5-13)28-22(31)16-12-27-30-20(23(24,25)26)11-17(29-21(16)30)14-6-9-18(32-2)19(10-14)33-3/h4-10,12,17,20,29H,11H2,1-3H3,(H,28,31)/t17-,20-/m0/s1. The third kappa shape index (κ3) is 4.46. The van der Waals surface area contributed by atoms with Crippen molar-refractivity contribution in [3.63, 3.8) is 0 Å². The SMILES string of the molecule is COc1ccc([C@@H]2C[C@@H](C(F)(F)F)n3ncc(C(=O)Nc4ccc(C)cc4)c3N2)cc1OC. The molecule has 0 radical (unpaired) electrons. The van der Waals surface area contributed by atoms with E-state index in [-0.39, 0.29) is 17.8 Å². The molecule has 0 unspecified atom stereocenters. The smallest absolute Gasteiger partial charge is 0.410 e. The van der Waals surface area contributed by atoms with Crippen LogP contribution in [0.5, 0.6) is 11.5 Å². The Bertz CT molecular complexity index is 1160. The minimum absolute atomic E-state index is 0.00738. The summed E-state index contributed by atoms with van der Waals surface area (Å²) < 4.78 is 53.2. The number of nitrogens with one attached hydrogen (secondary N) is 2. The van der Waals surface area contributed by atoms with Crippen LogP contribution in [0.2, 0.25) is 0 Å². The molecule has 1 aliphatic heterocycles. The molecule has 0 spiro atoms. The second-order valence-corrected chi connectivity index (χ2v) is 7.78. The van der Waals surface area contributed by atoms with E-state index in [0.29, 0.717) is 22.7 Å². The summed E-state index contributed by atoms with van der Waals surface area (Å²) >= 11 is 0. The van der Waals surface area contributed by atoms with Crippen molar-refractivity contribution in [2.75, 3.05) is 24.9 Å². The molecule has 33 heavy (non-hydrogen) atoms. The summed E-state index contributed by atoms with van der Waals surface area (Å²) in [6, 6.07) is 9.41. The Labute approximate surface area is 188 Å². The van der Waals surface area contributed by atoms with Gasteiger partial charge < -0.3 is 20.1 Å². The largest absolute Gasteiger partial charge is 0.493 e. The minimum atomic E-state index is -4.55. The maximum absolute atomic E-state index is 13.9. The van der Waals surface area contributed by atoms with Gasteiger partial charge in [0.25, 0.3) is 5.91 Å². The Morgan fingerprint density at radius 2 is 1.82 bits per heavy atom. The molecular weight excluding hydrogens is 437 g/mol. The monoisotopic (exact) mass is 460 g/mol. The number of aromatic nitrogens is 2. The van der Waals surface area contributed by atoms with Gasteiger partial charge in [0.2, 0.25) is 0 Å². The number of aryl methyl sites for hydroxylation is 1. The lowest BCUT2D eigenvalue weighted by atomic mass is 9.96. The van der Waals surface area contributed by atoms with E-state index in [2.05, 4.69) is 15.7 Å². The fourth-order valence-corrected chi connectivity index (χ4v) is 3.85. The number of hydrogen-bond donors (Lipinski definition) is 2. The molecule has 2 heterocycles. The van der Waals surface area contributed by atoms with Crippen LogP contribution < -0.4 is 20.1 Å². The zero-order chi connectivity index (χ0) is 23.8. The van der Waals surface area contributed by atoms with Gasteiger partial charge in [-0.15, -0.1) is 0 Å². The summed E-state index contributed by atoms with van der Waals surface area (Å²) in [6.45, 7) is 1.91. The third-order valence-electron chi connectivity index (χ3n) is 5.60. The highest BCUT2D eigenvalue weighted by Gasteiger charge is 2.47. The average Bonchev–Trinajstić information content (AvgIpc) is 3.22. The maximum atomic E-state index is 13.9. The molecule has 0 fully saturated rings. The number of hydrogen-bond acceptors (Lipinski definition) is 5. The van der Waals surface area contributed by atoms with Crippen LogP contribution in [0, 0.1) is 6.92 Å². The van der Waals surface area contributed by atoms with E-state index in [9.17, 15) is 18.0 Å². The number of rotatable bonds is 5. The number of methoxy groups -OCH3 is 2. The first-order chi connectivity index (χ1) is 15.7. The van der Waals surface area contributed by atoms with Crippen LogP contribution in [0.3, 0.4) is 0 Å². The van der Waals surface area contributed by atoms with Gasteiger partial charge in [0.05, 0.1) is 26.5 Å². The van der Waals surface area contributed by atoms with E-state index >= 15 is 0 Å². The summed E-state index contributed by atoms with van der Waals surface area (Å²) in [4.78, 5) is 12.9. The van der Waals surface area contributed by atoms with Gasteiger partial charge in [0.1, 0.15) is 11.4 Å². The van der Waals surface area contributed by atoms with Crippen molar-refractivity contribution < 1.29 is 27.4 Å². The second-order valence-electron chi connectivity index (χ2n) is 7.78. The zero-order valence-corrected chi connectivity index (χ0v) is 18.2. The Morgan fingerprint density at radius 3 is 2.45 bits per heavy atom. The molecule has 0 aliphatic carbocycles. The number of carbonyl (C=O) groups is 1. The molecular formula is C23H23F3N4O3. The van der Waals surface area contributed by atoms with Crippen molar-refractivity contribution >= 4 is 17.4 Å². The lowest BCUT2D eigenvalue weighted by molar-refractivity contribution is -0.173. The quantitative estimate of drug-likeness (QED) is 0.553. The number of fused-ring (bicyclic) bond motifs is 1. The molecule has 1 aliphatic rings. The normalized spacial score (nSPS) is 17.6. The highest BCUT2D eigenvalue weighted by atomic mass is 19.4. The van der Waals surface area contributed by atoms with Gasteiger partial charge in [-0.3, -0.25) is 4.79 Å². The van der Waals surface area contributed by atoms with E-state index in [1.807, 2.05) is 19.1 Å². The van der Waals surface area contributed by atoms with Crippen LogP contribution in [-0.4, -0.2) is 36.1 Å². The summed E-state index contributed by atoms with van der Waals surface area (Å²) in [6.07, 6.45) is -3.70. The first-order valence-corrected chi connectivity index (χ1v) is 10.2. The molecule has 10 heteroatoms. The predicted octanol–water partition coefficient (Wildman–Crippen LogP) is 5.12. The summed E-state index contributed by atoms with van der Waals surface area (Å²) in [5.74, 6) is 0.318. The van der Waals surface area contributed by atoms with Crippen LogP contribution in [0.1, 0.15) is 40.0 Å². The van der Waals surface area contributed by atoms with Gasteiger partial charge in [-0.25, -0.2) is 4.68 Å². The van der Waals surface area contributed by atoms with Gasteiger partial charge in [-0.2, -0.15) is 18.3 Å². The average molecular weight is 460 g/mol. The number of nitrogens with zero attached hydrogens (tertiary/aromatic N) is 2.